The second-order valence-electron chi connectivity index (χ2n) is 6.27. The summed E-state index contributed by atoms with van der Waals surface area (Å²) in [5, 5.41) is 10.5. The highest BCUT2D eigenvalue weighted by Gasteiger charge is 2.31. The maximum atomic E-state index is 11.2. The Hall–Kier alpha value is -1.07. The van der Waals surface area contributed by atoms with Gasteiger partial charge in [-0.2, -0.15) is 0 Å². The summed E-state index contributed by atoms with van der Waals surface area (Å²) in [6.07, 6.45) is 1.29. The minimum atomic E-state index is -0.704. The van der Waals surface area contributed by atoms with Gasteiger partial charge in [0, 0.05) is 14.5 Å². The number of carbonyl (C=O) groups is 1. The summed E-state index contributed by atoms with van der Waals surface area (Å²) >= 11 is 16.0. The highest BCUT2D eigenvalue weighted by Crippen LogP contribution is 2.37. The number of rotatable bonds is 4. The smallest absolute Gasteiger partial charge is 0.306 e. The lowest BCUT2D eigenvalue weighted by Gasteiger charge is -2.37. The van der Waals surface area contributed by atoms with Crippen LogP contribution in [0.2, 0.25) is 10.0 Å². The van der Waals surface area contributed by atoms with Gasteiger partial charge >= 0.3 is 5.97 Å². The number of piperidine rings is 1. The number of hydrogen-bond donors (Lipinski definition) is 1. The standard InChI is InChI=1S/C19H18BrCl2NO2/c20-14-3-1-12(2-4-14)18(16-6-5-15(21)11-17(16)22)23-9-7-13(8-10-23)19(24)25/h1-6,11,13,18H,7-10H2,(H,24,25). The van der Waals surface area contributed by atoms with Crippen LogP contribution in [0.1, 0.15) is 30.0 Å². The normalized spacial score (nSPS) is 17.4. The summed E-state index contributed by atoms with van der Waals surface area (Å²) in [5.41, 5.74) is 2.11. The molecule has 0 amide bonds. The van der Waals surface area contributed by atoms with E-state index in [1.165, 1.54) is 0 Å². The zero-order chi connectivity index (χ0) is 18.0. The van der Waals surface area contributed by atoms with Gasteiger partial charge in [-0.05, 0) is 61.3 Å². The monoisotopic (exact) mass is 441 g/mol. The van der Waals surface area contributed by atoms with Crippen molar-refractivity contribution >= 4 is 45.1 Å². The summed E-state index contributed by atoms with van der Waals surface area (Å²) in [5.74, 6) is -0.966. The van der Waals surface area contributed by atoms with Crippen LogP contribution >= 0.6 is 39.1 Å². The second kappa shape index (κ2) is 8.09. The molecule has 1 saturated heterocycles. The maximum absolute atomic E-state index is 11.2. The van der Waals surface area contributed by atoms with Crippen molar-refractivity contribution in [2.45, 2.75) is 18.9 Å². The first-order chi connectivity index (χ1) is 12.0. The van der Waals surface area contributed by atoms with Crippen molar-refractivity contribution in [3.63, 3.8) is 0 Å². The number of nitrogens with zero attached hydrogens (tertiary/aromatic N) is 1. The number of aliphatic carboxylic acids is 1. The minimum Gasteiger partial charge on any atom is -0.481 e. The van der Waals surface area contributed by atoms with Crippen molar-refractivity contribution < 1.29 is 9.90 Å². The Morgan fingerprint density at radius 3 is 2.32 bits per heavy atom. The van der Waals surface area contributed by atoms with Crippen molar-refractivity contribution in [1.82, 2.24) is 4.90 Å². The van der Waals surface area contributed by atoms with Crippen molar-refractivity contribution in [2.75, 3.05) is 13.1 Å². The van der Waals surface area contributed by atoms with Crippen LogP contribution in [0.25, 0.3) is 0 Å². The van der Waals surface area contributed by atoms with E-state index in [2.05, 4.69) is 33.0 Å². The molecule has 1 unspecified atom stereocenters. The Kier molecular flexibility index (Phi) is 6.05. The fourth-order valence-electron chi connectivity index (χ4n) is 3.36. The van der Waals surface area contributed by atoms with Gasteiger partial charge in [-0.25, -0.2) is 0 Å². The molecule has 0 saturated carbocycles. The Morgan fingerprint density at radius 1 is 1.12 bits per heavy atom. The molecule has 1 heterocycles. The van der Waals surface area contributed by atoms with Crippen LogP contribution in [0.3, 0.4) is 0 Å². The maximum Gasteiger partial charge on any atom is 0.306 e. The van der Waals surface area contributed by atoms with Gasteiger partial charge in [-0.3, -0.25) is 9.69 Å². The van der Waals surface area contributed by atoms with Crippen LogP contribution < -0.4 is 0 Å². The molecule has 2 aromatic rings. The van der Waals surface area contributed by atoms with Gasteiger partial charge in [0.2, 0.25) is 0 Å². The minimum absolute atomic E-state index is 0.0207. The van der Waals surface area contributed by atoms with Gasteiger partial charge < -0.3 is 5.11 Å². The molecule has 6 heteroatoms. The molecule has 0 aliphatic carbocycles. The van der Waals surface area contributed by atoms with Crippen LogP contribution in [-0.2, 0) is 4.79 Å². The SMILES string of the molecule is O=C(O)C1CCN(C(c2ccc(Br)cc2)c2ccc(Cl)cc2Cl)CC1. The lowest BCUT2D eigenvalue weighted by Crippen LogP contribution is -2.39. The Bertz CT molecular complexity index is 759. The van der Waals surface area contributed by atoms with E-state index in [9.17, 15) is 9.90 Å². The molecular weight excluding hydrogens is 425 g/mol. The predicted octanol–water partition coefficient (Wildman–Crippen LogP) is 5.64. The van der Waals surface area contributed by atoms with Crippen molar-refractivity contribution in [3.8, 4) is 0 Å². The van der Waals surface area contributed by atoms with E-state index in [0.29, 0.717) is 22.9 Å². The van der Waals surface area contributed by atoms with E-state index >= 15 is 0 Å². The molecule has 25 heavy (non-hydrogen) atoms. The number of hydrogen-bond acceptors (Lipinski definition) is 2. The van der Waals surface area contributed by atoms with Crippen molar-refractivity contribution in [1.29, 1.82) is 0 Å². The lowest BCUT2D eigenvalue weighted by molar-refractivity contribution is -0.143. The number of halogens is 3. The third-order valence-electron chi connectivity index (χ3n) is 4.69. The van der Waals surface area contributed by atoms with E-state index in [0.717, 1.165) is 28.7 Å². The highest BCUT2D eigenvalue weighted by molar-refractivity contribution is 9.10. The molecule has 132 valence electrons. The molecule has 0 bridgehead atoms. The first kappa shape index (κ1) is 18.7. The Labute approximate surface area is 165 Å². The predicted molar refractivity (Wildman–Crippen MR) is 104 cm³/mol. The Balaban J connectivity index is 1.95. The largest absolute Gasteiger partial charge is 0.481 e. The highest BCUT2D eigenvalue weighted by atomic mass is 79.9. The molecule has 2 aromatic carbocycles. The average molecular weight is 443 g/mol. The lowest BCUT2D eigenvalue weighted by atomic mass is 9.91. The van der Waals surface area contributed by atoms with Gasteiger partial charge in [0.1, 0.15) is 0 Å². The molecule has 3 rings (SSSR count). The number of likely N-dealkylation sites (tertiary alicyclic amines) is 1. The van der Waals surface area contributed by atoms with Crippen molar-refractivity contribution in [2.24, 2.45) is 5.92 Å². The van der Waals surface area contributed by atoms with Gasteiger partial charge in [0.05, 0.1) is 12.0 Å². The summed E-state index contributed by atoms with van der Waals surface area (Å²) in [6.45, 7) is 1.44. The topological polar surface area (TPSA) is 40.5 Å². The van der Waals surface area contributed by atoms with Gasteiger partial charge in [0.25, 0.3) is 0 Å². The number of benzene rings is 2. The van der Waals surface area contributed by atoms with Crippen LogP contribution in [-0.4, -0.2) is 29.1 Å². The van der Waals surface area contributed by atoms with E-state index in [-0.39, 0.29) is 12.0 Å². The molecule has 1 N–H and O–H groups in total. The Morgan fingerprint density at radius 2 is 1.76 bits per heavy atom. The second-order valence-corrected chi connectivity index (χ2v) is 8.03. The van der Waals surface area contributed by atoms with Gasteiger partial charge in [-0.1, -0.05) is 57.3 Å². The van der Waals surface area contributed by atoms with Crippen LogP contribution in [0.4, 0.5) is 0 Å². The molecule has 0 aromatic heterocycles. The molecule has 1 fully saturated rings. The number of carboxylic acid groups (broad SMARTS) is 1. The summed E-state index contributed by atoms with van der Waals surface area (Å²) in [4.78, 5) is 13.5. The average Bonchev–Trinajstić information content (AvgIpc) is 2.59. The fourth-order valence-corrected chi connectivity index (χ4v) is 4.14. The number of carboxylic acids is 1. The molecule has 3 nitrogen and oxygen atoms in total. The quantitative estimate of drug-likeness (QED) is 0.665. The third kappa shape index (κ3) is 4.37. The van der Waals surface area contributed by atoms with Crippen LogP contribution in [0, 0.1) is 5.92 Å². The third-order valence-corrected chi connectivity index (χ3v) is 5.78. The molecule has 0 spiro atoms. The van der Waals surface area contributed by atoms with E-state index < -0.39 is 5.97 Å². The first-order valence-electron chi connectivity index (χ1n) is 8.13. The van der Waals surface area contributed by atoms with E-state index in [4.69, 9.17) is 23.2 Å². The fraction of sp³-hybridized carbons (Fsp3) is 0.316. The zero-order valence-electron chi connectivity index (χ0n) is 13.5. The van der Waals surface area contributed by atoms with Gasteiger partial charge in [-0.15, -0.1) is 0 Å². The zero-order valence-corrected chi connectivity index (χ0v) is 16.6. The van der Waals surface area contributed by atoms with Gasteiger partial charge in [0.15, 0.2) is 0 Å². The van der Waals surface area contributed by atoms with Crippen molar-refractivity contribution in [3.05, 3.63) is 68.1 Å². The van der Waals surface area contributed by atoms with E-state index in [1.54, 1.807) is 6.07 Å². The van der Waals surface area contributed by atoms with E-state index in [1.807, 2.05) is 24.3 Å². The van der Waals surface area contributed by atoms with Crippen LogP contribution in [0.15, 0.2) is 46.9 Å². The molecular formula is C19H18BrCl2NO2. The summed E-state index contributed by atoms with van der Waals surface area (Å²) < 4.78 is 1.02. The molecule has 1 aliphatic heterocycles. The summed E-state index contributed by atoms with van der Waals surface area (Å²) in [6, 6.07) is 13.7. The van der Waals surface area contributed by atoms with Crippen LogP contribution in [0.5, 0.6) is 0 Å². The molecule has 0 radical (unpaired) electrons. The molecule has 1 atom stereocenters. The first-order valence-corrected chi connectivity index (χ1v) is 9.68. The molecule has 1 aliphatic rings. The summed E-state index contributed by atoms with van der Waals surface area (Å²) in [7, 11) is 0.